The van der Waals surface area contributed by atoms with Crippen molar-refractivity contribution in [2.24, 2.45) is 0 Å². The third kappa shape index (κ3) is 3.03. The molecule has 4 rings (SSSR count). The number of allylic oxidation sites excluding steroid dienone is 2. The van der Waals surface area contributed by atoms with Crippen LogP contribution in [0, 0.1) is 0 Å². The predicted molar refractivity (Wildman–Crippen MR) is 112 cm³/mol. The first-order valence-corrected chi connectivity index (χ1v) is 9.90. The maximum atomic E-state index is 13.5. The summed E-state index contributed by atoms with van der Waals surface area (Å²) in [4.78, 5) is 28.2. The zero-order valence-electron chi connectivity index (χ0n) is 16.6. The van der Waals surface area contributed by atoms with Crippen molar-refractivity contribution in [1.29, 1.82) is 0 Å². The highest BCUT2D eigenvalue weighted by Gasteiger charge is 2.30. The third-order valence-electron chi connectivity index (χ3n) is 5.95. The second kappa shape index (κ2) is 7.27. The molecule has 0 radical (unpaired) electrons. The normalized spacial score (nSPS) is 17.5. The van der Waals surface area contributed by atoms with Gasteiger partial charge in [-0.1, -0.05) is 42.0 Å². The number of amides is 1. The van der Waals surface area contributed by atoms with Crippen molar-refractivity contribution in [2.75, 3.05) is 7.05 Å². The van der Waals surface area contributed by atoms with Crippen LogP contribution in [-0.2, 0) is 19.4 Å². The monoisotopic (exact) mass is 374 g/mol. The fourth-order valence-corrected chi connectivity index (χ4v) is 4.55. The van der Waals surface area contributed by atoms with E-state index in [1.807, 2.05) is 31.0 Å². The highest BCUT2D eigenvalue weighted by atomic mass is 16.2. The molecule has 0 saturated heterocycles. The van der Waals surface area contributed by atoms with E-state index in [4.69, 9.17) is 0 Å². The molecule has 28 heavy (non-hydrogen) atoms. The van der Waals surface area contributed by atoms with Gasteiger partial charge in [0.25, 0.3) is 11.5 Å². The molecule has 4 nitrogen and oxygen atoms in total. The lowest BCUT2D eigenvalue weighted by atomic mass is 9.86. The predicted octanol–water partition coefficient (Wildman–Crippen LogP) is 4.14. The first kappa shape index (κ1) is 18.5. The Kier molecular flexibility index (Phi) is 4.80. The topological polar surface area (TPSA) is 42.3 Å². The summed E-state index contributed by atoms with van der Waals surface area (Å²) in [5.41, 5.74) is 5.79. The van der Waals surface area contributed by atoms with Crippen LogP contribution in [0.15, 0.2) is 53.5 Å². The van der Waals surface area contributed by atoms with Gasteiger partial charge >= 0.3 is 0 Å². The number of carbonyl (C=O) groups is 1. The summed E-state index contributed by atoms with van der Waals surface area (Å²) in [6, 6.07) is 8.47. The van der Waals surface area contributed by atoms with Gasteiger partial charge in [0.1, 0.15) is 0 Å². The highest BCUT2D eigenvalue weighted by molar-refractivity contribution is 5.99. The molecule has 2 aromatic rings. The standard InChI is InChI=1S/C24H26N2O2/c1-4-12-26-15-21(19-13-16(2)14-20(19)24(26)28)23(27)25(3)22-11-7-9-17-8-5-6-10-18(17)22/h4-6,8,10,13,15,22H,1,7,9,11-12,14H2,2-3H3. The van der Waals surface area contributed by atoms with E-state index in [2.05, 4.69) is 24.8 Å². The minimum atomic E-state index is -0.0262. The SMILES string of the molecule is C=CCn1cc(C(=O)N(C)C2CCCc3ccccc32)c2c(c1=O)CC(C)=C2. The number of benzene rings is 1. The van der Waals surface area contributed by atoms with Gasteiger partial charge in [-0.25, -0.2) is 0 Å². The number of fused-ring (bicyclic) bond motifs is 2. The van der Waals surface area contributed by atoms with E-state index in [1.54, 1.807) is 16.8 Å². The van der Waals surface area contributed by atoms with Crippen molar-refractivity contribution in [3.63, 3.8) is 0 Å². The zero-order valence-corrected chi connectivity index (χ0v) is 16.6. The molecule has 1 heterocycles. The number of hydrogen-bond acceptors (Lipinski definition) is 2. The first-order chi connectivity index (χ1) is 13.5. The van der Waals surface area contributed by atoms with Crippen LogP contribution in [-0.4, -0.2) is 22.4 Å². The van der Waals surface area contributed by atoms with Crippen LogP contribution in [0.5, 0.6) is 0 Å². The van der Waals surface area contributed by atoms with Crippen LogP contribution in [0.4, 0.5) is 0 Å². The van der Waals surface area contributed by atoms with Gasteiger partial charge < -0.3 is 9.47 Å². The molecular weight excluding hydrogens is 348 g/mol. The number of pyridine rings is 1. The van der Waals surface area contributed by atoms with E-state index in [9.17, 15) is 9.59 Å². The van der Waals surface area contributed by atoms with Crippen LogP contribution in [0.25, 0.3) is 6.08 Å². The molecule has 0 bridgehead atoms. The van der Waals surface area contributed by atoms with Crippen molar-refractivity contribution in [3.8, 4) is 0 Å². The minimum Gasteiger partial charge on any atom is -0.335 e. The molecule has 2 aliphatic carbocycles. The number of aromatic nitrogens is 1. The highest BCUT2D eigenvalue weighted by Crippen LogP contribution is 2.35. The molecule has 1 atom stereocenters. The van der Waals surface area contributed by atoms with E-state index in [1.165, 1.54) is 11.1 Å². The Bertz CT molecular complexity index is 1050. The van der Waals surface area contributed by atoms with Crippen molar-refractivity contribution in [3.05, 3.63) is 86.9 Å². The summed E-state index contributed by atoms with van der Waals surface area (Å²) in [5.74, 6) is -0.0262. The van der Waals surface area contributed by atoms with Gasteiger partial charge in [0.15, 0.2) is 0 Å². The van der Waals surface area contributed by atoms with Crippen LogP contribution >= 0.6 is 0 Å². The lowest BCUT2D eigenvalue weighted by molar-refractivity contribution is 0.0714. The summed E-state index contributed by atoms with van der Waals surface area (Å²) in [5, 5.41) is 0. The Morgan fingerprint density at radius 3 is 2.93 bits per heavy atom. The van der Waals surface area contributed by atoms with Gasteiger partial charge in [-0.3, -0.25) is 9.59 Å². The Balaban J connectivity index is 1.77. The average Bonchev–Trinajstić information content (AvgIpc) is 3.10. The molecule has 144 valence electrons. The van der Waals surface area contributed by atoms with E-state index >= 15 is 0 Å². The fraction of sp³-hybridized carbons (Fsp3) is 0.333. The maximum absolute atomic E-state index is 13.5. The van der Waals surface area contributed by atoms with Crippen LogP contribution < -0.4 is 5.56 Å². The summed E-state index contributed by atoms with van der Waals surface area (Å²) in [6.07, 6.45) is 9.11. The van der Waals surface area contributed by atoms with Gasteiger partial charge in [0.2, 0.25) is 0 Å². The second-order valence-corrected chi connectivity index (χ2v) is 7.87. The summed E-state index contributed by atoms with van der Waals surface area (Å²) in [6.45, 7) is 6.16. The van der Waals surface area contributed by atoms with Crippen molar-refractivity contribution < 1.29 is 4.79 Å². The summed E-state index contributed by atoms with van der Waals surface area (Å²) >= 11 is 0. The fourth-order valence-electron chi connectivity index (χ4n) is 4.55. The minimum absolute atomic E-state index is 0.0229. The van der Waals surface area contributed by atoms with E-state index in [0.717, 1.165) is 36.0 Å². The molecule has 0 saturated carbocycles. The molecule has 1 aromatic carbocycles. The third-order valence-corrected chi connectivity index (χ3v) is 5.95. The average molecular weight is 374 g/mol. The smallest absolute Gasteiger partial charge is 0.256 e. The molecule has 2 aliphatic rings. The van der Waals surface area contributed by atoms with Gasteiger partial charge in [0.05, 0.1) is 11.6 Å². The van der Waals surface area contributed by atoms with Crippen molar-refractivity contribution in [2.45, 2.75) is 45.2 Å². The van der Waals surface area contributed by atoms with Crippen molar-refractivity contribution >= 4 is 12.0 Å². The summed E-state index contributed by atoms with van der Waals surface area (Å²) in [7, 11) is 1.88. The Labute approximate surface area is 165 Å². The number of nitrogens with zero attached hydrogens (tertiary/aromatic N) is 2. The number of carbonyl (C=O) groups excluding carboxylic acids is 1. The van der Waals surface area contributed by atoms with Gasteiger partial charge in [-0.2, -0.15) is 0 Å². The molecule has 4 heteroatoms. The van der Waals surface area contributed by atoms with E-state index < -0.39 is 0 Å². The Hall–Kier alpha value is -2.88. The van der Waals surface area contributed by atoms with Crippen LogP contribution in [0.1, 0.15) is 58.4 Å². The number of hydrogen-bond donors (Lipinski definition) is 0. The largest absolute Gasteiger partial charge is 0.335 e. The molecule has 0 N–H and O–H groups in total. The number of aryl methyl sites for hydroxylation is 1. The molecular formula is C24H26N2O2. The van der Waals surface area contributed by atoms with E-state index in [-0.39, 0.29) is 17.5 Å². The van der Waals surface area contributed by atoms with Crippen molar-refractivity contribution in [1.82, 2.24) is 9.47 Å². The van der Waals surface area contributed by atoms with E-state index in [0.29, 0.717) is 18.5 Å². The van der Waals surface area contributed by atoms with Crippen LogP contribution in [0.2, 0.25) is 0 Å². The Morgan fingerprint density at radius 2 is 2.14 bits per heavy atom. The summed E-state index contributed by atoms with van der Waals surface area (Å²) < 4.78 is 1.61. The molecule has 1 amide bonds. The molecule has 0 spiro atoms. The lowest BCUT2D eigenvalue weighted by Gasteiger charge is -2.33. The number of rotatable bonds is 4. The Morgan fingerprint density at radius 1 is 1.36 bits per heavy atom. The zero-order chi connectivity index (χ0) is 19.8. The molecule has 0 fully saturated rings. The van der Waals surface area contributed by atoms with Gasteiger partial charge in [-0.05, 0) is 49.3 Å². The molecule has 1 unspecified atom stereocenters. The molecule has 0 aliphatic heterocycles. The molecule has 1 aromatic heterocycles. The maximum Gasteiger partial charge on any atom is 0.256 e. The first-order valence-electron chi connectivity index (χ1n) is 9.90. The lowest BCUT2D eigenvalue weighted by Crippen LogP contribution is -2.35. The van der Waals surface area contributed by atoms with Gasteiger partial charge in [-0.15, -0.1) is 6.58 Å². The second-order valence-electron chi connectivity index (χ2n) is 7.87. The quantitative estimate of drug-likeness (QED) is 0.755. The van der Waals surface area contributed by atoms with Gasteiger partial charge in [0, 0.05) is 25.4 Å². The van der Waals surface area contributed by atoms with Crippen LogP contribution in [0.3, 0.4) is 0 Å².